The Bertz CT molecular complexity index is 1520. The molecule has 5 rings (SSSR count). The van der Waals surface area contributed by atoms with Crippen molar-refractivity contribution in [2.24, 2.45) is 5.10 Å². The van der Waals surface area contributed by atoms with Crippen molar-refractivity contribution in [2.75, 3.05) is 0 Å². The lowest BCUT2D eigenvalue weighted by Crippen LogP contribution is -2.28. The van der Waals surface area contributed by atoms with Gasteiger partial charge in [0.15, 0.2) is 5.69 Å². The fraction of sp³-hybridized carbons (Fsp3) is 0. The first-order valence-corrected chi connectivity index (χ1v) is 11.1. The zero-order valence-corrected chi connectivity index (χ0v) is 18.5. The zero-order chi connectivity index (χ0) is 22.8. The van der Waals surface area contributed by atoms with Crippen LogP contribution < -0.4 is 11.0 Å². The van der Waals surface area contributed by atoms with Crippen molar-refractivity contribution in [3.05, 3.63) is 104 Å². The van der Waals surface area contributed by atoms with Gasteiger partial charge in [0.1, 0.15) is 5.52 Å². The highest BCUT2D eigenvalue weighted by Crippen LogP contribution is 2.19. The zero-order valence-electron chi connectivity index (χ0n) is 16.9. The van der Waals surface area contributed by atoms with Gasteiger partial charge in [-0.2, -0.15) is 20.0 Å². The Morgan fingerprint density at radius 1 is 1.00 bits per heavy atom. The van der Waals surface area contributed by atoms with E-state index in [1.807, 2.05) is 47.8 Å². The van der Waals surface area contributed by atoms with Crippen molar-refractivity contribution < 1.29 is 4.79 Å². The molecule has 0 bridgehead atoms. The smallest absolute Gasteiger partial charge is 0.265 e. The van der Waals surface area contributed by atoms with Crippen LogP contribution in [0.4, 0.5) is 0 Å². The van der Waals surface area contributed by atoms with Crippen molar-refractivity contribution >= 4 is 46.0 Å². The van der Waals surface area contributed by atoms with Gasteiger partial charge < -0.3 is 0 Å². The van der Waals surface area contributed by atoms with E-state index >= 15 is 0 Å². The van der Waals surface area contributed by atoms with Crippen molar-refractivity contribution in [3.8, 4) is 11.4 Å². The predicted octanol–water partition coefficient (Wildman–Crippen LogP) is 4.05. The van der Waals surface area contributed by atoms with Gasteiger partial charge in [-0.05, 0) is 47.8 Å². The van der Waals surface area contributed by atoms with Crippen LogP contribution in [0, 0.1) is 0 Å². The van der Waals surface area contributed by atoms with Gasteiger partial charge in [-0.15, -0.1) is 11.3 Å². The summed E-state index contributed by atoms with van der Waals surface area (Å²) >= 11 is 7.49. The van der Waals surface area contributed by atoms with Crippen LogP contribution in [0.1, 0.15) is 15.4 Å². The topological polar surface area (TPSA) is 94.2 Å². The number of hydrogen-bond acceptors (Lipinski definition) is 6. The van der Waals surface area contributed by atoms with Crippen LogP contribution in [-0.2, 0) is 0 Å². The molecule has 0 radical (unpaired) electrons. The number of carbonyl (C=O) groups is 1. The third kappa shape index (κ3) is 4.07. The third-order valence-corrected chi connectivity index (χ3v) is 5.87. The Labute approximate surface area is 196 Å². The summed E-state index contributed by atoms with van der Waals surface area (Å²) in [6.45, 7) is 0. The Balaban J connectivity index is 1.67. The summed E-state index contributed by atoms with van der Waals surface area (Å²) in [5.41, 5.74) is 3.44. The number of rotatable bonds is 5. The number of fused-ring (bicyclic) bond motifs is 1. The number of halogens is 1. The number of amides is 1. The molecule has 10 heteroatoms. The van der Waals surface area contributed by atoms with Crippen LogP contribution in [0.25, 0.3) is 22.3 Å². The van der Waals surface area contributed by atoms with Gasteiger partial charge in [0.25, 0.3) is 11.5 Å². The maximum atomic E-state index is 13.5. The summed E-state index contributed by atoms with van der Waals surface area (Å²) in [4.78, 5) is 27.4. The minimum absolute atomic E-state index is 0.0186. The van der Waals surface area contributed by atoms with Gasteiger partial charge in [-0.1, -0.05) is 35.9 Å². The van der Waals surface area contributed by atoms with Gasteiger partial charge in [-0.3, -0.25) is 9.59 Å². The molecule has 1 amide bonds. The molecule has 0 aliphatic heterocycles. The molecule has 1 N–H and O–H groups in total. The lowest BCUT2D eigenvalue weighted by molar-refractivity contribution is 0.0950. The van der Waals surface area contributed by atoms with Gasteiger partial charge >= 0.3 is 0 Å². The Morgan fingerprint density at radius 3 is 2.48 bits per heavy atom. The molecule has 0 saturated carbocycles. The lowest BCUT2D eigenvalue weighted by Gasteiger charge is -2.10. The Morgan fingerprint density at radius 2 is 1.76 bits per heavy atom. The quantitative estimate of drug-likeness (QED) is 0.307. The molecule has 5 aromatic rings. The average molecular weight is 475 g/mol. The molecule has 0 saturated heterocycles. The van der Waals surface area contributed by atoms with Gasteiger partial charge in [-0.25, -0.2) is 10.1 Å². The molecule has 0 spiro atoms. The number of carbonyl (C=O) groups excluding carboxylic acids is 1. The lowest BCUT2D eigenvalue weighted by atomic mass is 10.2. The SMILES string of the molecule is O=C(N/N=C/c1cccs1)c1nn(-c2ccc(Cl)cc2)c(=O)c2c1cnn2-c1ccccc1. The summed E-state index contributed by atoms with van der Waals surface area (Å²) < 4.78 is 2.66. The highest BCUT2D eigenvalue weighted by atomic mass is 35.5. The molecule has 0 unspecified atom stereocenters. The molecule has 0 aliphatic rings. The van der Waals surface area contributed by atoms with E-state index in [1.54, 1.807) is 30.5 Å². The summed E-state index contributed by atoms with van der Waals surface area (Å²) in [7, 11) is 0. The Hall–Kier alpha value is -4.08. The van der Waals surface area contributed by atoms with E-state index < -0.39 is 11.5 Å². The molecule has 0 aliphatic carbocycles. The molecule has 0 fully saturated rings. The summed E-state index contributed by atoms with van der Waals surface area (Å²) in [6, 6.07) is 19.6. The first-order valence-electron chi connectivity index (χ1n) is 9.81. The number of benzene rings is 2. The summed E-state index contributed by atoms with van der Waals surface area (Å²) in [5.74, 6) is -0.567. The molecule has 3 aromatic heterocycles. The van der Waals surface area contributed by atoms with Gasteiger partial charge in [0.2, 0.25) is 0 Å². The molecular weight excluding hydrogens is 460 g/mol. The van der Waals surface area contributed by atoms with Crippen LogP contribution in [0.3, 0.4) is 0 Å². The van der Waals surface area contributed by atoms with Crippen LogP contribution >= 0.6 is 22.9 Å². The number of nitrogens with zero attached hydrogens (tertiary/aromatic N) is 5. The van der Waals surface area contributed by atoms with E-state index in [2.05, 4.69) is 20.7 Å². The number of hydrazone groups is 1. The number of aromatic nitrogens is 4. The molecule has 3 heterocycles. The average Bonchev–Trinajstić information content (AvgIpc) is 3.51. The molecule has 0 atom stereocenters. The van der Waals surface area contributed by atoms with Crippen molar-refractivity contribution in [1.82, 2.24) is 25.0 Å². The minimum Gasteiger partial charge on any atom is -0.265 e. The summed E-state index contributed by atoms with van der Waals surface area (Å²) in [6.07, 6.45) is 3.00. The number of hydrogen-bond donors (Lipinski definition) is 1. The van der Waals surface area contributed by atoms with Crippen LogP contribution in [0.15, 0.2) is 88.2 Å². The second-order valence-corrected chi connectivity index (χ2v) is 8.33. The molecule has 8 nitrogen and oxygen atoms in total. The second-order valence-electron chi connectivity index (χ2n) is 6.91. The summed E-state index contributed by atoms with van der Waals surface area (Å²) in [5, 5.41) is 15.5. The highest BCUT2D eigenvalue weighted by molar-refractivity contribution is 7.11. The van der Waals surface area contributed by atoms with Crippen molar-refractivity contribution in [2.45, 2.75) is 0 Å². The first kappa shape index (κ1) is 20.8. The van der Waals surface area contributed by atoms with Crippen molar-refractivity contribution in [3.63, 3.8) is 0 Å². The monoisotopic (exact) mass is 474 g/mol. The fourth-order valence-electron chi connectivity index (χ4n) is 3.29. The molecule has 162 valence electrons. The molecular formula is C23H15ClN6O2S. The van der Waals surface area contributed by atoms with Crippen LogP contribution in [0.5, 0.6) is 0 Å². The number of nitrogens with one attached hydrogen (secondary N) is 1. The number of thiophene rings is 1. The maximum absolute atomic E-state index is 13.5. The first-order chi connectivity index (χ1) is 16.1. The molecule has 33 heavy (non-hydrogen) atoms. The van der Waals surface area contributed by atoms with Crippen molar-refractivity contribution in [1.29, 1.82) is 0 Å². The molecule has 2 aromatic carbocycles. The van der Waals surface area contributed by atoms with Gasteiger partial charge in [0, 0.05) is 9.90 Å². The van der Waals surface area contributed by atoms with Crippen LogP contribution in [0.2, 0.25) is 5.02 Å². The van der Waals surface area contributed by atoms with Gasteiger partial charge in [0.05, 0.1) is 29.2 Å². The second kappa shape index (κ2) is 8.81. The maximum Gasteiger partial charge on any atom is 0.298 e. The number of para-hydroxylation sites is 1. The van der Waals surface area contributed by atoms with E-state index in [4.69, 9.17) is 11.6 Å². The normalized spacial score (nSPS) is 11.3. The van der Waals surface area contributed by atoms with E-state index in [0.29, 0.717) is 21.8 Å². The van der Waals surface area contributed by atoms with E-state index in [9.17, 15) is 9.59 Å². The van der Waals surface area contributed by atoms with E-state index in [0.717, 1.165) is 9.56 Å². The Kier molecular flexibility index (Phi) is 5.55. The largest absolute Gasteiger partial charge is 0.298 e. The third-order valence-electron chi connectivity index (χ3n) is 4.81. The van der Waals surface area contributed by atoms with E-state index in [-0.39, 0.29) is 11.2 Å². The fourth-order valence-corrected chi connectivity index (χ4v) is 4.00. The standard InChI is InChI=1S/C23H15ClN6O2S/c24-15-8-10-17(11-9-15)30-23(32)21-19(14-26-29(21)16-5-2-1-3-6-16)20(28-30)22(31)27-25-13-18-7-4-12-33-18/h1-14H,(H,27,31)/b25-13+. The predicted molar refractivity (Wildman–Crippen MR) is 129 cm³/mol. The van der Waals surface area contributed by atoms with Crippen LogP contribution in [-0.4, -0.2) is 31.7 Å². The highest BCUT2D eigenvalue weighted by Gasteiger charge is 2.22. The minimum atomic E-state index is -0.567. The van der Waals surface area contributed by atoms with E-state index in [1.165, 1.54) is 22.2 Å².